The third kappa shape index (κ3) is 3.39. The normalized spacial score (nSPS) is 25.1. The monoisotopic (exact) mass is 303 g/mol. The van der Waals surface area contributed by atoms with E-state index in [1.54, 1.807) is 0 Å². The van der Waals surface area contributed by atoms with Crippen molar-refractivity contribution in [2.45, 2.75) is 57.8 Å². The summed E-state index contributed by atoms with van der Waals surface area (Å²) in [6.45, 7) is 5.68. The van der Waals surface area contributed by atoms with Crippen molar-refractivity contribution in [3.05, 3.63) is 23.9 Å². The van der Waals surface area contributed by atoms with Crippen LogP contribution in [-0.4, -0.2) is 34.0 Å². The molecule has 22 heavy (non-hydrogen) atoms. The van der Waals surface area contributed by atoms with Crippen molar-refractivity contribution in [3.63, 3.8) is 0 Å². The van der Waals surface area contributed by atoms with Gasteiger partial charge in [0.05, 0.1) is 0 Å². The third-order valence-electron chi connectivity index (χ3n) is 4.64. The van der Waals surface area contributed by atoms with Gasteiger partial charge in [0.25, 0.3) is 0 Å². The van der Waals surface area contributed by atoms with E-state index in [4.69, 9.17) is 4.52 Å². The highest BCUT2D eigenvalue weighted by molar-refractivity contribution is 5.77. The zero-order valence-corrected chi connectivity index (χ0v) is 13.5. The molecule has 1 amide bonds. The number of rotatable bonds is 4. The zero-order valence-electron chi connectivity index (χ0n) is 13.5. The number of carbonyl (C=O) groups is 1. The molecule has 1 fully saturated rings. The maximum Gasteiger partial charge on any atom is 0.229 e. The Morgan fingerprint density at radius 3 is 3.00 bits per heavy atom. The van der Waals surface area contributed by atoms with Gasteiger partial charge in [0.2, 0.25) is 11.8 Å². The molecule has 0 spiro atoms. The highest BCUT2D eigenvalue weighted by Gasteiger charge is 2.29. The van der Waals surface area contributed by atoms with Crippen LogP contribution in [0.15, 0.2) is 16.7 Å². The minimum Gasteiger partial charge on any atom is -0.342 e. The van der Waals surface area contributed by atoms with E-state index in [2.05, 4.69) is 22.3 Å². The number of nitrogens with zero attached hydrogens (tertiary/aromatic N) is 3. The fourth-order valence-corrected chi connectivity index (χ4v) is 3.28. The average Bonchev–Trinajstić information content (AvgIpc) is 3.18. The summed E-state index contributed by atoms with van der Waals surface area (Å²) >= 11 is 0. The number of hydrogen-bond donors (Lipinski definition) is 0. The molecule has 1 aromatic heterocycles. The van der Waals surface area contributed by atoms with E-state index in [1.165, 1.54) is 0 Å². The summed E-state index contributed by atoms with van der Waals surface area (Å²) in [6, 6.07) is 0. The van der Waals surface area contributed by atoms with Crippen LogP contribution in [0.25, 0.3) is 0 Å². The first-order chi connectivity index (χ1) is 10.6. The van der Waals surface area contributed by atoms with Gasteiger partial charge in [0, 0.05) is 31.3 Å². The minimum atomic E-state index is 0.216. The molecule has 1 saturated heterocycles. The van der Waals surface area contributed by atoms with Gasteiger partial charge in [-0.1, -0.05) is 31.2 Å². The standard InChI is InChI=1S/C17H25N3O2/c1-12(2)17-18-16(19-22-17)14-8-5-9-20(11-14)15(21)10-13-6-3-4-7-13/h3,6,12-14H,4-5,7-11H2,1-2H3/t13-,14+/m0/s1. The second-order valence-corrected chi connectivity index (χ2v) is 6.79. The molecule has 3 rings (SSSR count). The number of piperidine rings is 1. The topological polar surface area (TPSA) is 59.2 Å². The Labute approximate surface area is 131 Å². The summed E-state index contributed by atoms with van der Waals surface area (Å²) in [5, 5.41) is 4.12. The second-order valence-electron chi connectivity index (χ2n) is 6.79. The molecular weight excluding hydrogens is 278 g/mol. The number of hydrogen-bond acceptors (Lipinski definition) is 4. The Hall–Kier alpha value is -1.65. The highest BCUT2D eigenvalue weighted by Crippen LogP contribution is 2.28. The number of amides is 1. The van der Waals surface area contributed by atoms with Gasteiger partial charge in [-0.05, 0) is 31.6 Å². The van der Waals surface area contributed by atoms with Gasteiger partial charge in [-0.15, -0.1) is 0 Å². The summed E-state index contributed by atoms with van der Waals surface area (Å²) in [5.41, 5.74) is 0. The van der Waals surface area contributed by atoms with Crippen LogP contribution < -0.4 is 0 Å². The van der Waals surface area contributed by atoms with E-state index in [0.29, 0.717) is 18.2 Å². The molecule has 5 nitrogen and oxygen atoms in total. The summed E-state index contributed by atoms with van der Waals surface area (Å²) in [7, 11) is 0. The van der Waals surface area contributed by atoms with E-state index < -0.39 is 0 Å². The second kappa shape index (κ2) is 6.63. The Morgan fingerprint density at radius 2 is 2.32 bits per heavy atom. The number of aromatic nitrogens is 2. The molecule has 0 unspecified atom stereocenters. The quantitative estimate of drug-likeness (QED) is 0.801. The van der Waals surface area contributed by atoms with Crippen LogP contribution in [0.5, 0.6) is 0 Å². The summed E-state index contributed by atoms with van der Waals surface area (Å²) < 4.78 is 5.31. The first kappa shape index (κ1) is 15.3. The van der Waals surface area contributed by atoms with Crippen LogP contribution in [0, 0.1) is 5.92 Å². The molecule has 0 saturated carbocycles. The predicted molar refractivity (Wildman–Crippen MR) is 83.4 cm³/mol. The van der Waals surface area contributed by atoms with Gasteiger partial charge in [0.1, 0.15) is 0 Å². The van der Waals surface area contributed by atoms with Crippen LogP contribution in [-0.2, 0) is 4.79 Å². The molecule has 1 aromatic rings. The van der Waals surface area contributed by atoms with E-state index in [1.807, 2.05) is 18.7 Å². The minimum absolute atomic E-state index is 0.216. The van der Waals surface area contributed by atoms with Gasteiger partial charge in [-0.3, -0.25) is 4.79 Å². The van der Waals surface area contributed by atoms with Crippen LogP contribution in [0.4, 0.5) is 0 Å². The number of allylic oxidation sites excluding steroid dienone is 2. The molecule has 0 radical (unpaired) electrons. The first-order valence-electron chi connectivity index (χ1n) is 8.41. The lowest BCUT2D eigenvalue weighted by Gasteiger charge is -2.32. The molecule has 2 heterocycles. The van der Waals surface area contributed by atoms with E-state index in [0.717, 1.165) is 44.6 Å². The molecular formula is C17H25N3O2. The predicted octanol–water partition coefficient (Wildman–Crippen LogP) is 3.26. The van der Waals surface area contributed by atoms with Crippen molar-refractivity contribution < 1.29 is 9.32 Å². The molecule has 0 N–H and O–H groups in total. The molecule has 120 valence electrons. The molecule has 2 atom stereocenters. The van der Waals surface area contributed by atoms with Crippen LogP contribution in [0.3, 0.4) is 0 Å². The lowest BCUT2D eigenvalue weighted by Crippen LogP contribution is -2.39. The van der Waals surface area contributed by atoms with E-state index >= 15 is 0 Å². The van der Waals surface area contributed by atoms with Crippen LogP contribution >= 0.6 is 0 Å². The Balaban J connectivity index is 1.60. The molecule has 0 bridgehead atoms. The van der Waals surface area contributed by atoms with E-state index in [9.17, 15) is 4.79 Å². The lowest BCUT2D eigenvalue weighted by atomic mass is 9.96. The summed E-state index contributed by atoms with van der Waals surface area (Å²) in [4.78, 5) is 19.0. The molecule has 0 aromatic carbocycles. The lowest BCUT2D eigenvalue weighted by molar-refractivity contribution is -0.133. The Kier molecular flexibility index (Phi) is 4.60. The Bertz CT molecular complexity index is 550. The molecule has 5 heteroatoms. The smallest absolute Gasteiger partial charge is 0.229 e. The van der Waals surface area contributed by atoms with Crippen LogP contribution in [0.2, 0.25) is 0 Å². The van der Waals surface area contributed by atoms with Crippen LogP contribution in [0.1, 0.15) is 69.5 Å². The zero-order chi connectivity index (χ0) is 15.5. The van der Waals surface area contributed by atoms with Gasteiger partial charge in [-0.25, -0.2) is 0 Å². The Morgan fingerprint density at radius 1 is 1.45 bits per heavy atom. The number of carbonyl (C=O) groups excluding carboxylic acids is 1. The first-order valence-corrected chi connectivity index (χ1v) is 8.41. The largest absolute Gasteiger partial charge is 0.342 e. The SMILES string of the molecule is CC(C)c1nc([C@@H]2CCCN(C(=O)C[C@H]3C=CCC3)C2)no1. The van der Waals surface area contributed by atoms with Crippen molar-refractivity contribution >= 4 is 5.91 Å². The molecule has 1 aliphatic carbocycles. The fraction of sp³-hybridized carbons (Fsp3) is 0.706. The van der Waals surface area contributed by atoms with Crippen molar-refractivity contribution in [1.82, 2.24) is 15.0 Å². The summed E-state index contributed by atoms with van der Waals surface area (Å²) in [5.74, 6) is 2.63. The van der Waals surface area contributed by atoms with Gasteiger partial charge < -0.3 is 9.42 Å². The van der Waals surface area contributed by atoms with Gasteiger partial charge in [-0.2, -0.15) is 4.98 Å². The van der Waals surface area contributed by atoms with Gasteiger partial charge in [0.15, 0.2) is 5.82 Å². The third-order valence-corrected chi connectivity index (χ3v) is 4.64. The van der Waals surface area contributed by atoms with Crippen molar-refractivity contribution in [2.75, 3.05) is 13.1 Å². The maximum atomic E-state index is 12.5. The number of likely N-dealkylation sites (tertiary alicyclic amines) is 1. The summed E-state index contributed by atoms with van der Waals surface area (Å²) in [6.07, 6.45) is 9.30. The van der Waals surface area contributed by atoms with Gasteiger partial charge >= 0.3 is 0 Å². The average molecular weight is 303 g/mol. The van der Waals surface area contributed by atoms with Crippen molar-refractivity contribution in [3.8, 4) is 0 Å². The highest BCUT2D eigenvalue weighted by atomic mass is 16.5. The molecule has 1 aliphatic heterocycles. The van der Waals surface area contributed by atoms with Crippen molar-refractivity contribution in [2.24, 2.45) is 5.92 Å². The maximum absolute atomic E-state index is 12.5. The van der Waals surface area contributed by atoms with Crippen molar-refractivity contribution in [1.29, 1.82) is 0 Å². The van der Waals surface area contributed by atoms with E-state index in [-0.39, 0.29) is 17.7 Å². The molecule has 2 aliphatic rings. The fourth-order valence-electron chi connectivity index (χ4n) is 3.28.